The van der Waals surface area contributed by atoms with Crippen molar-refractivity contribution in [3.05, 3.63) is 22.9 Å². The lowest BCUT2D eigenvalue weighted by Gasteiger charge is -2.34. The minimum absolute atomic E-state index is 0.301. The number of nitrogens with two attached hydrogens (primary N) is 1. The van der Waals surface area contributed by atoms with Gasteiger partial charge in [0.05, 0.1) is 5.56 Å². The third kappa shape index (κ3) is 2.32. The van der Waals surface area contributed by atoms with Crippen LogP contribution in [0.5, 0.6) is 0 Å². The second kappa shape index (κ2) is 4.58. The highest BCUT2D eigenvalue weighted by atomic mass is 15.2. The summed E-state index contributed by atoms with van der Waals surface area (Å²) in [6, 6.07) is 4.09. The molecule has 0 amide bonds. The molecular weight excluding hydrogens is 224 g/mol. The van der Waals surface area contributed by atoms with Gasteiger partial charge in [-0.15, -0.1) is 0 Å². The van der Waals surface area contributed by atoms with E-state index in [-0.39, 0.29) is 0 Å². The van der Waals surface area contributed by atoms with E-state index in [0.717, 1.165) is 25.0 Å². The molecule has 4 nitrogen and oxygen atoms in total. The van der Waals surface area contributed by atoms with Gasteiger partial charge >= 0.3 is 0 Å². The normalized spacial score (nSPS) is 18.9. The molecule has 1 aliphatic carbocycles. The number of pyridine rings is 1. The minimum Gasteiger partial charge on any atom is -0.307 e. The fraction of sp³-hybridized carbons (Fsp3) is 0.571. The molecule has 1 aromatic rings. The Morgan fingerprint density at radius 1 is 1.50 bits per heavy atom. The van der Waals surface area contributed by atoms with E-state index in [2.05, 4.69) is 37.3 Å². The largest absolute Gasteiger partial charge is 0.307 e. The summed E-state index contributed by atoms with van der Waals surface area (Å²) in [6.45, 7) is 6.82. The number of hydrogen-bond donors (Lipinski definition) is 2. The number of aryl methyl sites for hydroxylation is 1. The average Bonchev–Trinajstić information content (AvgIpc) is 2.35. The smallest absolute Gasteiger partial charge is 0.158 e. The summed E-state index contributed by atoms with van der Waals surface area (Å²) in [5.41, 5.74) is 5.63. The zero-order valence-corrected chi connectivity index (χ0v) is 11.2. The van der Waals surface area contributed by atoms with Crippen LogP contribution in [0.3, 0.4) is 0 Å². The van der Waals surface area contributed by atoms with E-state index in [1.807, 2.05) is 6.07 Å². The summed E-state index contributed by atoms with van der Waals surface area (Å²) in [4.78, 5) is 4.46. The first-order valence-corrected chi connectivity index (χ1v) is 6.35. The molecule has 0 saturated heterocycles. The molecule has 0 spiro atoms. The quantitative estimate of drug-likeness (QED) is 0.587. The second-order valence-corrected chi connectivity index (χ2v) is 6.05. The van der Waals surface area contributed by atoms with Crippen molar-refractivity contribution in [1.29, 1.82) is 5.26 Å². The van der Waals surface area contributed by atoms with E-state index in [4.69, 9.17) is 11.1 Å². The van der Waals surface area contributed by atoms with Gasteiger partial charge in [-0.2, -0.15) is 5.26 Å². The van der Waals surface area contributed by atoms with Gasteiger partial charge in [0, 0.05) is 5.69 Å². The Labute approximate surface area is 108 Å². The van der Waals surface area contributed by atoms with Gasteiger partial charge in [0.15, 0.2) is 5.82 Å². The van der Waals surface area contributed by atoms with E-state index in [1.165, 1.54) is 5.56 Å². The molecule has 0 fully saturated rings. The molecule has 96 valence electrons. The maximum Gasteiger partial charge on any atom is 0.158 e. The van der Waals surface area contributed by atoms with Crippen molar-refractivity contribution in [2.45, 2.75) is 40.0 Å². The Hall–Kier alpha value is -1.60. The second-order valence-electron chi connectivity index (χ2n) is 6.05. The van der Waals surface area contributed by atoms with Crippen LogP contribution in [-0.2, 0) is 12.8 Å². The van der Waals surface area contributed by atoms with Gasteiger partial charge in [0.1, 0.15) is 6.07 Å². The highest BCUT2D eigenvalue weighted by Crippen LogP contribution is 2.37. The Bertz CT molecular complexity index is 494. The molecule has 0 aliphatic heterocycles. The van der Waals surface area contributed by atoms with Crippen LogP contribution in [0.4, 0.5) is 5.82 Å². The van der Waals surface area contributed by atoms with E-state index >= 15 is 0 Å². The maximum atomic E-state index is 9.09. The zero-order valence-electron chi connectivity index (χ0n) is 11.2. The van der Waals surface area contributed by atoms with E-state index in [1.54, 1.807) is 0 Å². The summed E-state index contributed by atoms with van der Waals surface area (Å²) < 4.78 is 0. The van der Waals surface area contributed by atoms with Crippen molar-refractivity contribution in [2.24, 2.45) is 17.2 Å². The maximum absolute atomic E-state index is 9.09. The molecule has 0 radical (unpaired) electrons. The van der Waals surface area contributed by atoms with Gasteiger partial charge in [0.2, 0.25) is 0 Å². The van der Waals surface area contributed by atoms with E-state index in [9.17, 15) is 0 Å². The Morgan fingerprint density at radius 2 is 2.22 bits per heavy atom. The molecular formula is C14H20N4. The number of aromatic nitrogens is 1. The molecule has 18 heavy (non-hydrogen) atoms. The van der Waals surface area contributed by atoms with Crippen molar-refractivity contribution in [2.75, 3.05) is 5.43 Å². The van der Waals surface area contributed by atoms with Gasteiger partial charge in [0.25, 0.3) is 0 Å². The predicted octanol–water partition coefficient (Wildman–Crippen LogP) is 2.39. The first-order valence-electron chi connectivity index (χ1n) is 6.35. The van der Waals surface area contributed by atoms with Gasteiger partial charge in [-0.25, -0.2) is 10.8 Å². The number of nitrogen functional groups attached to an aromatic ring is 1. The first kappa shape index (κ1) is 12.8. The molecule has 1 atom stereocenters. The van der Waals surface area contributed by atoms with Crippen molar-refractivity contribution in [3.8, 4) is 6.07 Å². The van der Waals surface area contributed by atoms with Crippen molar-refractivity contribution in [1.82, 2.24) is 4.98 Å². The molecule has 1 aromatic heterocycles. The Morgan fingerprint density at radius 3 is 2.78 bits per heavy atom. The molecule has 1 heterocycles. The highest BCUT2D eigenvalue weighted by Gasteiger charge is 2.29. The molecule has 3 N–H and O–H groups in total. The van der Waals surface area contributed by atoms with Crippen LogP contribution in [0.1, 0.15) is 44.0 Å². The van der Waals surface area contributed by atoms with Gasteiger partial charge < -0.3 is 5.43 Å². The first-order chi connectivity index (χ1) is 8.45. The van der Waals surface area contributed by atoms with Crippen molar-refractivity contribution < 1.29 is 0 Å². The summed E-state index contributed by atoms with van der Waals surface area (Å²) in [5.74, 6) is 6.53. The summed E-state index contributed by atoms with van der Waals surface area (Å²) in [6.07, 6.45) is 3.13. The molecule has 2 rings (SSSR count). The van der Waals surface area contributed by atoms with Gasteiger partial charge in [-0.3, -0.25) is 0 Å². The number of nitriles is 1. The topological polar surface area (TPSA) is 74.7 Å². The van der Waals surface area contributed by atoms with Crippen LogP contribution < -0.4 is 11.3 Å². The SMILES string of the molecule is CC(C)(C)C1CCc2nc(NN)c(C#N)cc2C1. The van der Waals surface area contributed by atoms with Crippen molar-refractivity contribution in [3.63, 3.8) is 0 Å². The van der Waals surface area contributed by atoms with Crippen LogP contribution in [0.2, 0.25) is 0 Å². The van der Waals surface area contributed by atoms with Crippen LogP contribution in [0.25, 0.3) is 0 Å². The Balaban J connectivity index is 2.36. The van der Waals surface area contributed by atoms with Crippen LogP contribution in [-0.4, -0.2) is 4.98 Å². The van der Waals surface area contributed by atoms with Crippen LogP contribution >= 0.6 is 0 Å². The summed E-state index contributed by atoms with van der Waals surface area (Å²) >= 11 is 0. The van der Waals surface area contributed by atoms with Gasteiger partial charge in [-0.1, -0.05) is 20.8 Å². The minimum atomic E-state index is 0.301. The zero-order chi connectivity index (χ0) is 13.3. The molecule has 0 aromatic carbocycles. The van der Waals surface area contributed by atoms with E-state index in [0.29, 0.717) is 22.7 Å². The fourth-order valence-electron chi connectivity index (χ4n) is 2.60. The summed E-state index contributed by atoms with van der Waals surface area (Å²) in [7, 11) is 0. The third-order valence-corrected chi connectivity index (χ3v) is 3.87. The number of anilines is 1. The Kier molecular flexibility index (Phi) is 3.27. The molecule has 0 saturated carbocycles. The lowest BCUT2D eigenvalue weighted by atomic mass is 9.71. The molecule has 4 heteroatoms. The monoisotopic (exact) mass is 244 g/mol. The number of nitrogens with zero attached hydrogens (tertiary/aromatic N) is 2. The average molecular weight is 244 g/mol. The predicted molar refractivity (Wildman–Crippen MR) is 71.7 cm³/mol. The summed E-state index contributed by atoms with van der Waals surface area (Å²) in [5, 5.41) is 9.09. The van der Waals surface area contributed by atoms with Crippen molar-refractivity contribution >= 4 is 5.82 Å². The number of hydrazine groups is 1. The number of rotatable bonds is 1. The lowest BCUT2D eigenvalue weighted by molar-refractivity contribution is 0.215. The number of nitrogens with one attached hydrogen (secondary N) is 1. The van der Waals surface area contributed by atoms with E-state index < -0.39 is 0 Å². The third-order valence-electron chi connectivity index (χ3n) is 3.87. The molecule has 1 aliphatic rings. The lowest BCUT2D eigenvalue weighted by Crippen LogP contribution is -2.28. The highest BCUT2D eigenvalue weighted by molar-refractivity contribution is 5.54. The van der Waals surface area contributed by atoms with Crippen LogP contribution in [0, 0.1) is 22.7 Å². The molecule has 0 bridgehead atoms. The molecule has 1 unspecified atom stereocenters. The number of hydrogen-bond acceptors (Lipinski definition) is 4. The van der Waals surface area contributed by atoms with Crippen LogP contribution in [0.15, 0.2) is 6.07 Å². The fourth-order valence-corrected chi connectivity index (χ4v) is 2.60. The standard InChI is InChI=1S/C14H20N4/c1-14(2,3)11-4-5-12-9(7-11)6-10(8-15)13(17-12)18-16/h6,11H,4-5,7,16H2,1-3H3,(H,17,18). The number of fused-ring (bicyclic) bond motifs is 1. The van der Waals surface area contributed by atoms with Gasteiger partial charge in [-0.05, 0) is 42.2 Å².